The first kappa shape index (κ1) is 13.2. The zero-order chi connectivity index (χ0) is 14.8. The third-order valence-electron chi connectivity index (χ3n) is 4.10. The molecular weight excluding hydrogens is 276 g/mol. The Labute approximate surface area is 128 Å². The van der Waals surface area contributed by atoms with Crippen LogP contribution in [0.5, 0.6) is 0 Å². The second kappa shape index (κ2) is 5.73. The van der Waals surface area contributed by atoms with Crippen molar-refractivity contribution in [2.24, 2.45) is 0 Å². The molecule has 0 aromatic carbocycles. The van der Waals surface area contributed by atoms with Crippen LogP contribution >= 0.6 is 0 Å². The van der Waals surface area contributed by atoms with E-state index in [1.807, 2.05) is 24.8 Å². The van der Waals surface area contributed by atoms with Gasteiger partial charge in [0, 0.05) is 61.2 Å². The lowest BCUT2D eigenvalue weighted by Crippen LogP contribution is -2.28. The molecule has 6 heteroatoms. The number of aromatic nitrogens is 4. The molecule has 0 atom stereocenters. The van der Waals surface area contributed by atoms with Crippen molar-refractivity contribution >= 4 is 16.7 Å². The standard InChI is InChI=1S/C16H18N6/c1-3-17-5-7-22(6-1)14-2-4-20-16-15(14)13(10-21-16)12-8-18-11-19-9-12/h2,4,8-11,17H,1,3,5-7H2,(H,20,21). The Morgan fingerprint density at radius 2 is 2.00 bits per heavy atom. The quantitative estimate of drug-likeness (QED) is 0.754. The second-order valence-corrected chi connectivity index (χ2v) is 5.47. The molecule has 1 aliphatic heterocycles. The van der Waals surface area contributed by atoms with E-state index in [4.69, 9.17) is 0 Å². The summed E-state index contributed by atoms with van der Waals surface area (Å²) >= 11 is 0. The summed E-state index contributed by atoms with van der Waals surface area (Å²) < 4.78 is 0. The summed E-state index contributed by atoms with van der Waals surface area (Å²) in [6, 6.07) is 2.11. The topological polar surface area (TPSA) is 69.7 Å². The molecule has 3 aromatic heterocycles. The summed E-state index contributed by atoms with van der Waals surface area (Å²) in [6.45, 7) is 4.16. The first-order valence-electron chi connectivity index (χ1n) is 7.60. The second-order valence-electron chi connectivity index (χ2n) is 5.47. The van der Waals surface area contributed by atoms with Gasteiger partial charge in [-0.2, -0.15) is 0 Å². The van der Waals surface area contributed by atoms with E-state index in [0.29, 0.717) is 0 Å². The number of aromatic amines is 1. The van der Waals surface area contributed by atoms with Crippen LogP contribution in [0, 0.1) is 0 Å². The van der Waals surface area contributed by atoms with Gasteiger partial charge in [0.2, 0.25) is 0 Å². The number of nitrogens with one attached hydrogen (secondary N) is 2. The van der Waals surface area contributed by atoms with Gasteiger partial charge in [-0.25, -0.2) is 15.0 Å². The minimum atomic E-state index is 0.911. The maximum absolute atomic E-state index is 4.47. The van der Waals surface area contributed by atoms with E-state index < -0.39 is 0 Å². The van der Waals surface area contributed by atoms with Crippen LogP contribution in [0.3, 0.4) is 0 Å². The molecule has 0 unspecified atom stereocenters. The Morgan fingerprint density at radius 3 is 2.91 bits per heavy atom. The zero-order valence-electron chi connectivity index (χ0n) is 12.3. The summed E-state index contributed by atoms with van der Waals surface area (Å²) in [5.41, 5.74) is 4.26. The van der Waals surface area contributed by atoms with E-state index in [9.17, 15) is 0 Å². The number of pyridine rings is 1. The van der Waals surface area contributed by atoms with Crippen molar-refractivity contribution in [1.29, 1.82) is 0 Å². The van der Waals surface area contributed by atoms with Gasteiger partial charge in [0.25, 0.3) is 0 Å². The maximum Gasteiger partial charge on any atom is 0.139 e. The van der Waals surface area contributed by atoms with Crippen LogP contribution < -0.4 is 10.2 Å². The van der Waals surface area contributed by atoms with Crippen molar-refractivity contribution in [1.82, 2.24) is 25.3 Å². The molecule has 0 aliphatic carbocycles. The normalized spacial score (nSPS) is 15.9. The van der Waals surface area contributed by atoms with Gasteiger partial charge in [-0.05, 0) is 19.0 Å². The lowest BCUT2D eigenvalue weighted by atomic mass is 10.1. The average Bonchev–Trinajstić information content (AvgIpc) is 2.82. The third kappa shape index (κ3) is 2.31. The Hall–Kier alpha value is -2.47. The zero-order valence-corrected chi connectivity index (χ0v) is 12.3. The van der Waals surface area contributed by atoms with Crippen molar-refractivity contribution < 1.29 is 0 Å². The molecule has 0 amide bonds. The van der Waals surface area contributed by atoms with Crippen LogP contribution in [0.4, 0.5) is 5.69 Å². The molecule has 0 spiro atoms. The van der Waals surface area contributed by atoms with Crippen molar-refractivity contribution in [2.45, 2.75) is 6.42 Å². The van der Waals surface area contributed by atoms with Gasteiger partial charge in [-0.1, -0.05) is 0 Å². The Bertz CT molecular complexity index is 759. The molecule has 0 saturated carbocycles. The molecule has 1 fully saturated rings. The summed E-state index contributed by atoms with van der Waals surface area (Å²) in [5.74, 6) is 0. The molecular formula is C16H18N6. The van der Waals surface area contributed by atoms with Crippen molar-refractivity contribution in [3.63, 3.8) is 0 Å². The molecule has 2 N–H and O–H groups in total. The summed E-state index contributed by atoms with van der Waals surface area (Å²) in [7, 11) is 0. The molecule has 3 aromatic rings. The molecule has 22 heavy (non-hydrogen) atoms. The fourth-order valence-electron chi connectivity index (χ4n) is 3.06. The van der Waals surface area contributed by atoms with Crippen LogP contribution in [0.2, 0.25) is 0 Å². The predicted molar refractivity (Wildman–Crippen MR) is 86.8 cm³/mol. The van der Waals surface area contributed by atoms with Crippen molar-refractivity contribution in [3.05, 3.63) is 37.2 Å². The average molecular weight is 294 g/mol. The number of anilines is 1. The van der Waals surface area contributed by atoms with Crippen LogP contribution in [0.1, 0.15) is 6.42 Å². The van der Waals surface area contributed by atoms with Gasteiger partial charge in [-0.3, -0.25) is 0 Å². The SMILES string of the molecule is c1ncc(-c2c[nH]c3nccc(N4CCCNCC4)c23)cn1. The molecule has 1 saturated heterocycles. The van der Waals surface area contributed by atoms with Crippen LogP contribution in [-0.4, -0.2) is 46.1 Å². The van der Waals surface area contributed by atoms with E-state index in [1.54, 1.807) is 6.33 Å². The molecule has 0 bridgehead atoms. The molecule has 0 radical (unpaired) electrons. The van der Waals surface area contributed by atoms with Gasteiger partial charge >= 0.3 is 0 Å². The largest absolute Gasteiger partial charge is 0.370 e. The number of hydrogen-bond donors (Lipinski definition) is 2. The molecule has 4 rings (SSSR count). The molecule has 6 nitrogen and oxygen atoms in total. The van der Waals surface area contributed by atoms with Crippen LogP contribution in [-0.2, 0) is 0 Å². The summed E-state index contributed by atoms with van der Waals surface area (Å²) in [6.07, 6.45) is 10.3. The number of H-pyrrole nitrogens is 1. The lowest BCUT2D eigenvalue weighted by molar-refractivity contribution is 0.724. The highest BCUT2D eigenvalue weighted by molar-refractivity contribution is 6.02. The van der Waals surface area contributed by atoms with Gasteiger partial charge in [0.1, 0.15) is 12.0 Å². The first-order valence-corrected chi connectivity index (χ1v) is 7.60. The van der Waals surface area contributed by atoms with E-state index in [1.165, 1.54) is 5.69 Å². The summed E-state index contributed by atoms with van der Waals surface area (Å²) in [4.78, 5) is 18.4. The first-order chi connectivity index (χ1) is 10.9. The van der Waals surface area contributed by atoms with Gasteiger partial charge in [0.15, 0.2) is 0 Å². The Balaban J connectivity index is 1.86. The minimum absolute atomic E-state index is 0.911. The summed E-state index contributed by atoms with van der Waals surface area (Å²) in [5, 5.41) is 4.60. The Morgan fingerprint density at radius 1 is 1.09 bits per heavy atom. The number of nitrogens with zero attached hydrogens (tertiary/aromatic N) is 4. The monoisotopic (exact) mass is 294 g/mol. The van der Waals surface area contributed by atoms with Crippen molar-refractivity contribution in [2.75, 3.05) is 31.1 Å². The van der Waals surface area contributed by atoms with Crippen LogP contribution in [0.25, 0.3) is 22.2 Å². The third-order valence-corrected chi connectivity index (χ3v) is 4.10. The molecule has 4 heterocycles. The number of hydrogen-bond acceptors (Lipinski definition) is 5. The minimum Gasteiger partial charge on any atom is -0.370 e. The van der Waals surface area contributed by atoms with E-state index in [2.05, 4.69) is 36.2 Å². The highest BCUT2D eigenvalue weighted by atomic mass is 15.2. The predicted octanol–water partition coefficient (Wildman–Crippen LogP) is 1.82. The molecule has 112 valence electrons. The lowest BCUT2D eigenvalue weighted by Gasteiger charge is -2.23. The van der Waals surface area contributed by atoms with E-state index >= 15 is 0 Å². The van der Waals surface area contributed by atoms with E-state index in [0.717, 1.165) is 54.8 Å². The fourth-order valence-corrected chi connectivity index (χ4v) is 3.06. The highest BCUT2D eigenvalue weighted by Crippen LogP contribution is 2.34. The maximum atomic E-state index is 4.47. The highest BCUT2D eigenvalue weighted by Gasteiger charge is 2.17. The number of rotatable bonds is 2. The van der Waals surface area contributed by atoms with Gasteiger partial charge < -0.3 is 15.2 Å². The number of fused-ring (bicyclic) bond motifs is 1. The van der Waals surface area contributed by atoms with Gasteiger partial charge in [0.05, 0.1) is 5.39 Å². The van der Waals surface area contributed by atoms with Crippen LogP contribution in [0.15, 0.2) is 37.2 Å². The van der Waals surface area contributed by atoms with Gasteiger partial charge in [-0.15, -0.1) is 0 Å². The van der Waals surface area contributed by atoms with E-state index in [-0.39, 0.29) is 0 Å². The smallest absolute Gasteiger partial charge is 0.139 e. The van der Waals surface area contributed by atoms with Crippen molar-refractivity contribution in [3.8, 4) is 11.1 Å². The fraction of sp³-hybridized carbons (Fsp3) is 0.312. The molecule has 1 aliphatic rings. The Kier molecular flexibility index (Phi) is 3.44.